The van der Waals surface area contributed by atoms with Gasteiger partial charge in [-0.05, 0) is 33.1 Å². The van der Waals surface area contributed by atoms with Gasteiger partial charge in [0.2, 0.25) is 5.82 Å². The van der Waals surface area contributed by atoms with Crippen LogP contribution in [-0.2, 0) is 0 Å². The highest BCUT2D eigenvalue weighted by molar-refractivity contribution is 5.90. The summed E-state index contributed by atoms with van der Waals surface area (Å²) in [6.45, 7) is 8.26. The summed E-state index contributed by atoms with van der Waals surface area (Å²) in [6.07, 6.45) is 3.33. The van der Waals surface area contributed by atoms with Crippen molar-refractivity contribution in [3.8, 4) is 0 Å². The maximum Gasteiger partial charge on any atom is 0.294 e. The van der Waals surface area contributed by atoms with Gasteiger partial charge in [0, 0.05) is 18.0 Å². The van der Waals surface area contributed by atoms with Crippen molar-refractivity contribution in [3.63, 3.8) is 0 Å². The molecule has 100 valence electrons. The van der Waals surface area contributed by atoms with E-state index in [0.29, 0.717) is 5.82 Å². The molecule has 1 aliphatic heterocycles. The monoisotopic (exact) mass is 250 g/mol. The average Bonchev–Trinajstić information content (AvgIpc) is 2.77. The Hall–Kier alpha value is -1.39. The number of carbonyl (C=O) groups excluding carboxylic acids is 1. The van der Waals surface area contributed by atoms with Crippen LogP contribution in [0.5, 0.6) is 0 Å². The largest absolute Gasteiger partial charge is 0.330 e. The molecule has 0 bridgehead atoms. The summed E-state index contributed by atoms with van der Waals surface area (Å²) in [7, 11) is 0. The summed E-state index contributed by atoms with van der Waals surface area (Å²) in [5.74, 6) is 1.29. The Balaban J connectivity index is 2.18. The molecule has 1 fully saturated rings. The molecule has 0 radical (unpaired) electrons. The van der Waals surface area contributed by atoms with Gasteiger partial charge in [-0.3, -0.25) is 9.89 Å². The Morgan fingerprint density at radius 1 is 1.33 bits per heavy atom. The minimum Gasteiger partial charge on any atom is -0.330 e. The van der Waals surface area contributed by atoms with Gasteiger partial charge in [-0.2, -0.15) is 0 Å². The Morgan fingerprint density at radius 2 is 1.94 bits per heavy atom. The fourth-order valence-corrected chi connectivity index (χ4v) is 2.57. The lowest BCUT2D eigenvalue weighted by Crippen LogP contribution is -2.47. The standard InChI is InChI=1S/C13H22N4O/c1-8(2)11-14-12(16-15-11)13(18)17-9(3)6-5-7-10(17)4/h8-10H,5-7H2,1-4H3,(H,14,15,16). The summed E-state index contributed by atoms with van der Waals surface area (Å²) in [6, 6.07) is 0.560. The number of carbonyl (C=O) groups is 1. The summed E-state index contributed by atoms with van der Waals surface area (Å²) >= 11 is 0. The van der Waals surface area contributed by atoms with Crippen molar-refractivity contribution >= 4 is 5.91 Å². The van der Waals surface area contributed by atoms with Crippen molar-refractivity contribution in [2.24, 2.45) is 0 Å². The second kappa shape index (κ2) is 5.08. The van der Waals surface area contributed by atoms with E-state index in [9.17, 15) is 4.79 Å². The molecule has 1 aliphatic rings. The van der Waals surface area contributed by atoms with E-state index < -0.39 is 0 Å². The number of amides is 1. The van der Waals surface area contributed by atoms with Gasteiger partial charge >= 0.3 is 0 Å². The predicted molar refractivity (Wildman–Crippen MR) is 69.4 cm³/mol. The number of hydrogen-bond donors (Lipinski definition) is 1. The highest BCUT2D eigenvalue weighted by atomic mass is 16.2. The Kier molecular flexibility index (Phi) is 3.68. The lowest BCUT2D eigenvalue weighted by Gasteiger charge is -2.38. The molecule has 18 heavy (non-hydrogen) atoms. The van der Waals surface area contributed by atoms with E-state index in [0.717, 1.165) is 18.7 Å². The predicted octanol–water partition coefficient (Wildman–Crippen LogP) is 2.33. The number of rotatable bonds is 2. The third-order valence-corrected chi connectivity index (χ3v) is 3.67. The Morgan fingerprint density at radius 3 is 2.44 bits per heavy atom. The molecule has 2 unspecified atom stereocenters. The molecule has 0 aliphatic carbocycles. The SMILES string of the molecule is CC(C)c1nc(C(=O)N2C(C)CCCC2C)n[nH]1. The van der Waals surface area contributed by atoms with Crippen LogP contribution in [0.4, 0.5) is 0 Å². The lowest BCUT2D eigenvalue weighted by atomic mass is 9.97. The second-order valence-electron chi connectivity index (χ2n) is 5.54. The molecule has 5 nitrogen and oxygen atoms in total. The molecule has 1 N–H and O–H groups in total. The molecule has 1 aromatic rings. The molecular formula is C13H22N4O. The molecular weight excluding hydrogens is 228 g/mol. The third kappa shape index (κ3) is 2.40. The van der Waals surface area contributed by atoms with Gasteiger partial charge in [0.05, 0.1) is 0 Å². The van der Waals surface area contributed by atoms with E-state index in [2.05, 4.69) is 29.0 Å². The van der Waals surface area contributed by atoms with E-state index in [1.54, 1.807) is 0 Å². The number of piperidine rings is 1. The zero-order valence-electron chi connectivity index (χ0n) is 11.6. The van der Waals surface area contributed by atoms with Crippen LogP contribution in [0.1, 0.15) is 69.3 Å². The Labute approximate surface area is 108 Å². The number of hydrogen-bond acceptors (Lipinski definition) is 3. The van der Waals surface area contributed by atoms with Crippen LogP contribution in [-0.4, -0.2) is 38.1 Å². The quantitative estimate of drug-likeness (QED) is 0.876. The van der Waals surface area contributed by atoms with E-state index >= 15 is 0 Å². The van der Waals surface area contributed by atoms with Crippen molar-refractivity contribution in [1.29, 1.82) is 0 Å². The van der Waals surface area contributed by atoms with Crippen molar-refractivity contribution in [2.45, 2.75) is 65.0 Å². The van der Waals surface area contributed by atoms with Crippen LogP contribution in [0, 0.1) is 0 Å². The molecule has 2 atom stereocenters. The maximum absolute atomic E-state index is 12.4. The van der Waals surface area contributed by atoms with Gasteiger partial charge in [-0.1, -0.05) is 13.8 Å². The number of nitrogens with one attached hydrogen (secondary N) is 1. The van der Waals surface area contributed by atoms with Crippen LogP contribution < -0.4 is 0 Å². The maximum atomic E-state index is 12.4. The van der Waals surface area contributed by atoms with Crippen LogP contribution in [0.15, 0.2) is 0 Å². The molecule has 1 amide bonds. The van der Waals surface area contributed by atoms with Crippen molar-refractivity contribution < 1.29 is 4.79 Å². The number of likely N-dealkylation sites (tertiary alicyclic amines) is 1. The molecule has 5 heteroatoms. The summed E-state index contributed by atoms with van der Waals surface area (Å²) in [5.41, 5.74) is 0. The van der Waals surface area contributed by atoms with Crippen molar-refractivity contribution in [2.75, 3.05) is 0 Å². The van der Waals surface area contributed by atoms with E-state index in [4.69, 9.17) is 0 Å². The highest BCUT2D eigenvalue weighted by Gasteiger charge is 2.31. The number of aromatic amines is 1. The smallest absolute Gasteiger partial charge is 0.294 e. The van der Waals surface area contributed by atoms with Crippen LogP contribution in [0.25, 0.3) is 0 Å². The molecule has 0 spiro atoms. The second-order valence-corrected chi connectivity index (χ2v) is 5.54. The molecule has 1 aromatic heterocycles. The van der Waals surface area contributed by atoms with E-state index in [1.165, 1.54) is 6.42 Å². The number of nitrogens with zero attached hydrogens (tertiary/aromatic N) is 3. The summed E-state index contributed by atoms with van der Waals surface area (Å²) in [5, 5.41) is 6.90. The third-order valence-electron chi connectivity index (χ3n) is 3.67. The Bertz CT molecular complexity index is 416. The normalized spacial score (nSPS) is 24.6. The molecule has 0 aromatic carbocycles. The van der Waals surface area contributed by atoms with Crippen molar-refractivity contribution in [1.82, 2.24) is 20.1 Å². The fraction of sp³-hybridized carbons (Fsp3) is 0.769. The van der Waals surface area contributed by atoms with Gasteiger partial charge < -0.3 is 4.90 Å². The summed E-state index contributed by atoms with van der Waals surface area (Å²) in [4.78, 5) is 18.7. The van der Waals surface area contributed by atoms with Gasteiger partial charge in [-0.25, -0.2) is 4.98 Å². The molecule has 1 saturated heterocycles. The first kappa shape index (κ1) is 13.1. The summed E-state index contributed by atoms with van der Waals surface area (Å²) < 4.78 is 0. The van der Waals surface area contributed by atoms with Crippen LogP contribution in [0.3, 0.4) is 0 Å². The van der Waals surface area contributed by atoms with Crippen LogP contribution >= 0.6 is 0 Å². The lowest BCUT2D eigenvalue weighted by molar-refractivity contribution is 0.0498. The molecule has 2 rings (SSSR count). The van der Waals surface area contributed by atoms with Crippen LogP contribution in [0.2, 0.25) is 0 Å². The zero-order chi connectivity index (χ0) is 13.3. The molecule has 2 heterocycles. The van der Waals surface area contributed by atoms with Gasteiger partial charge in [0.15, 0.2) is 0 Å². The highest BCUT2D eigenvalue weighted by Crippen LogP contribution is 2.24. The van der Waals surface area contributed by atoms with Gasteiger partial charge in [-0.15, -0.1) is 5.10 Å². The number of aromatic nitrogens is 3. The van der Waals surface area contributed by atoms with Gasteiger partial charge in [0.1, 0.15) is 5.82 Å². The average molecular weight is 250 g/mol. The van der Waals surface area contributed by atoms with E-state index in [1.807, 2.05) is 18.7 Å². The fourth-order valence-electron chi connectivity index (χ4n) is 2.57. The van der Waals surface area contributed by atoms with Crippen molar-refractivity contribution in [3.05, 3.63) is 11.6 Å². The van der Waals surface area contributed by atoms with Gasteiger partial charge in [0.25, 0.3) is 5.91 Å². The zero-order valence-corrected chi connectivity index (χ0v) is 11.6. The number of H-pyrrole nitrogens is 1. The minimum atomic E-state index is -0.0437. The van der Waals surface area contributed by atoms with E-state index in [-0.39, 0.29) is 23.9 Å². The topological polar surface area (TPSA) is 61.9 Å². The molecule has 0 saturated carbocycles. The minimum absolute atomic E-state index is 0.0437. The first-order valence-corrected chi connectivity index (χ1v) is 6.75. The first-order chi connectivity index (χ1) is 8.50. The first-order valence-electron chi connectivity index (χ1n) is 6.75.